The highest BCUT2D eigenvalue weighted by atomic mass is 79.9. The van der Waals surface area contributed by atoms with Crippen LogP contribution in [0.2, 0.25) is 0 Å². The fourth-order valence-corrected chi connectivity index (χ4v) is 6.05. The van der Waals surface area contributed by atoms with Crippen molar-refractivity contribution in [1.82, 2.24) is 19.9 Å². The maximum Gasteiger partial charge on any atom is 0.342 e. The number of carbonyl (C=O) groups is 1. The summed E-state index contributed by atoms with van der Waals surface area (Å²) in [5, 5.41) is 0. The van der Waals surface area contributed by atoms with Gasteiger partial charge in [-0.05, 0) is 96.4 Å². The lowest BCUT2D eigenvalue weighted by atomic mass is 10.0. The number of rotatable bonds is 4. The van der Waals surface area contributed by atoms with Crippen LogP contribution >= 0.6 is 15.9 Å². The molecule has 0 atom stereocenters. The molecule has 0 saturated carbocycles. The molecule has 0 saturated heterocycles. The molecule has 0 amide bonds. The van der Waals surface area contributed by atoms with Gasteiger partial charge in [-0.1, -0.05) is 59.7 Å². The zero-order chi connectivity index (χ0) is 30.4. The molecule has 0 spiro atoms. The van der Waals surface area contributed by atoms with Gasteiger partial charge in [0.1, 0.15) is 5.56 Å². The molecule has 5 heterocycles. The Kier molecular flexibility index (Phi) is 7.10. The van der Waals surface area contributed by atoms with Gasteiger partial charge in [0.05, 0.1) is 34.9 Å². The number of aryl methyl sites for hydroxylation is 2. The first-order valence-corrected chi connectivity index (χ1v) is 15.3. The molecule has 44 heavy (non-hydrogen) atoms. The summed E-state index contributed by atoms with van der Waals surface area (Å²) in [6, 6.07) is 26.8. The number of aromatic amines is 2. The third kappa shape index (κ3) is 5.09. The van der Waals surface area contributed by atoms with E-state index in [0.29, 0.717) is 16.8 Å². The molecule has 3 aromatic heterocycles. The molecule has 0 radical (unpaired) electrons. The van der Waals surface area contributed by atoms with Crippen LogP contribution in [-0.2, 0) is 4.74 Å². The molecule has 216 valence electrons. The second-order valence-electron chi connectivity index (χ2n) is 10.9. The third-order valence-electron chi connectivity index (χ3n) is 7.81. The van der Waals surface area contributed by atoms with Gasteiger partial charge >= 0.3 is 5.97 Å². The molecule has 0 aliphatic carbocycles. The summed E-state index contributed by atoms with van der Waals surface area (Å²) in [6.45, 7) is 6.19. The molecule has 5 aromatic rings. The van der Waals surface area contributed by atoms with Gasteiger partial charge in [0.25, 0.3) is 0 Å². The Balaban J connectivity index is 1.64. The average molecular weight is 642 g/mol. The highest BCUT2D eigenvalue weighted by Crippen LogP contribution is 2.36. The summed E-state index contributed by atoms with van der Waals surface area (Å²) in [5.74, 6) is -0.436. The first-order chi connectivity index (χ1) is 21.4. The molecule has 0 unspecified atom stereocenters. The van der Waals surface area contributed by atoms with Crippen molar-refractivity contribution in [3.8, 4) is 22.3 Å². The first-order valence-electron chi connectivity index (χ1n) is 14.5. The van der Waals surface area contributed by atoms with E-state index >= 15 is 0 Å². The molecule has 8 bridgehead atoms. The number of nitrogens with one attached hydrogen (secondary N) is 2. The van der Waals surface area contributed by atoms with Gasteiger partial charge < -0.3 is 14.7 Å². The number of ether oxygens (including phenoxy) is 1. The SMILES string of the molecule is CCOC(=O)c1c2nc(c(-c3ccc(C)cc3)c3ccc(cc4nc(c(-c5ccc(C)cc5)c5ccc1[nH]5)C=C4Br)[nH]3)C=C2. The van der Waals surface area contributed by atoms with E-state index in [1.54, 1.807) is 6.92 Å². The standard InChI is InChI=1S/C37H29BrN4O2/c1-4-44-37(43)36-30-17-15-28(40-30)34(23-9-5-21(2)6-10-23)27-14-13-25(39-27)19-32-26(38)20-33(42-32)35(29-16-18-31(36)41-29)24-11-7-22(3)8-12-24/h5-20,39,41H,4H2,1-3H3. The summed E-state index contributed by atoms with van der Waals surface area (Å²) in [6.07, 6.45) is 5.88. The van der Waals surface area contributed by atoms with Crippen molar-refractivity contribution in [2.45, 2.75) is 20.8 Å². The van der Waals surface area contributed by atoms with Crippen LogP contribution in [0, 0.1) is 13.8 Å². The summed E-state index contributed by atoms with van der Waals surface area (Å²) < 4.78 is 6.44. The quantitative estimate of drug-likeness (QED) is 0.188. The minimum atomic E-state index is -0.436. The predicted molar refractivity (Wildman–Crippen MR) is 183 cm³/mol. The fraction of sp³-hybridized carbons (Fsp3) is 0.108. The minimum absolute atomic E-state index is 0.251. The van der Waals surface area contributed by atoms with Crippen molar-refractivity contribution in [3.63, 3.8) is 0 Å². The molecule has 0 fully saturated rings. The number of aromatic nitrogens is 4. The van der Waals surface area contributed by atoms with Crippen molar-refractivity contribution in [2.75, 3.05) is 6.61 Å². The Hall–Kier alpha value is -5.01. The summed E-state index contributed by atoms with van der Waals surface area (Å²) in [4.78, 5) is 30.7. The Morgan fingerprint density at radius 2 is 1.32 bits per heavy atom. The lowest BCUT2D eigenvalue weighted by Crippen LogP contribution is -2.07. The topological polar surface area (TPSA) is 83.7 Å². The van der Waals surface area contributed by atoms with E-state index in [1.807, 2.05) is 42.5 Å². The molecule has 2 aliphatic heterocycles. The fourth-order valence-electron chi connectivity index (χ4n) is 5.63. The van der Waals surface area contributed by atoms with E-state index in [1.165, 1.54) is 11.1 Å². The Morgan fingerprint density at radius 1 is 0.727 bits per heavy atom. The molecular weight excluding hydrogens is 612 g/mol. The molecular formula is C37H29BrN4O2. The van der Waals surface area contributed by atoms with Crippen LogP contribution in [-0.4, -0.2) is 32.5 Å². The number of fused-ring (bicyclic) bond motifs is 8. The second kappa shape index (κ2) is 11.2. The normalized spacial score (nSPS) is 12.3. The van der Waals surface area contributed by atoms with Gasteiger partial charge in [-0.25, -0.2) is 14.8 Å². The van der Waals surface area contributed by atoms with Crippen LogP contribution in [0.4, 0.5) is 0 Å². The lowest BCUT2D eigenvalue weighted by molar-refractivity contribution is 0.0528. The summed E-state index contributed by atoms with van der Waals surface area (Å²) in [5.41, 5.74) is 12.8. The number of nitrogens with zero attached hydrogens (tertiary/aromatic N) is 2. The van der Waals surface area contributed by atoms with Gasteiger partial charge in [-0.3, -0.25) is 0 Å². The van der Waals surface area contributed by atoms with Crippen molar-refractivity contribution >= 4 is 66.7 Å². The van der Waals surface area contributed by atoms with Crippen molar-refractivity contribution in [2.24, 2.45) is 0 Å². The molecule has 6 nitrogen and oxygen atoms in total. The van der Waals surface area contributed by atoms with E-state index in [9.17, 15) is 4.79 Å². The Labute approximate surface area is 263 Å². The first kappa shape index (κ1) is 27.8. The van der Waals surface area contributed by atoms with Crippen LogP contribution < -0.4 is 0 Å². The maximum atomic E-state index is 13.5. The molecule has 2 N–H and O–H groups in total. The number of halogens is 1. The highest BCUT2D eigenvalue weighted by Gasteiger charge is 2.20. The largest absolute Gasteiger partial charge is 0.462 e. The number of hydrogen-bond donors (Lipinski definition) is 2. The Morgan fingerprint density at radius 3 is 2.00 bits per heavy atom. The van der Waals surface area contributed by atoms with E-state index < -0.39 is 5.97 Å². The summed E-state index contributed by atoms with van der Waals surface area (Å²) in [7, 11) is 0. The van der Waals surface area contributed by atoms with Gasteiger partial charge in [0.15, 0.2) is 0 Å². The number of carbonyl (C=O) groups excluding carboxylic acids is 1. The monoisotopic (exact) mass is 640 g/mol. The van der Waals surface area contributed by atoms with Crippen LogP contribution in [0.3, 0.4) is 0 Å². The van der Waals surface area contributed by atoms with Gasteiger partial charge in [0.2, 0.25) is 0 Å². The zero-order valence-electron chi connectivity index (χ0n) is 24.5. The molecule has 7 rings (SSSR count). The van der Waals surface area contributed by atoms with E-state index in [2.05, 4.69) is 94.3 Å². The van der Waals surface area contributed by atoms with Crippen molar-refractivity contribution in [1.29, 1.82) is 0 Å². The lowest BCUT2D eigenvalue weighted by Gasteiger charge is -2.06. The number of esters is 1. The summed E-state index contributed by atoms with van der Waals surface area (Å²) >= 11 is 3.76. The van der Waals surface area contributed by atoms with Gasteiger partial charge in [0, 0.05) is 32.2 Å². The van der Waals surface area contributed by atoms with Crippen LogP contribution in [0.1, 0.15) is 51.2 Å². The average Bonchev–Trinajstić information content (AvgIpc) is 3.82. The van der Waals surface area contributed by atoms with Crippen LogP contribution in [0.25, 0.3) is 67.0 Å². The Bertz CT molecular complexity index is 2170. The van der Waals surface area contributed by atoms with Gasteiger partial charge in [-0.15, -0.1) is 0 Å². The minimum Gasteiger partial charge on any atom is -0.462 e. The number of hydrogen-bond acceptors (Lipinski definition) is 4. The predicted octanol–water partition coefficient (Wildman–Crippen LogP) is 9.51. The molecule has 2 aromatic carbocycles. The number of H-pyrrole nitrogens is 2. The molecule has 2 aliphatic rings. The van der Waals surface area contributed by atoms with Crippen molar-refractivity contribution < 1.29 is 9.53 Å². The highest BCUT2D eigenvalue weighted by molar-refractivity contribution is 9.15. The number of benzene rings is 2. The zero-order valence-corrected chi connectivity index (χ0v) is 26.1. The maximum absolute atomic E-state index is 13.5. The van der Waals surface area contributed by atoms with Crippen LogP contribution in [0.15, 0.2) is 78.9 Å². The smallest absolute Gasteiger partial charge is 0.342 e. The van der Waals surface area contributed by atoms with Crippen LogP contribution in [0.5, 0.6) is 0 Å². The van der Waals surface area contributed by atoms with E-state index in [4.69, 9.17) is 14.7 Å². The third-order valence-corrected chi connectivity index (χ3v) is 8.45. The van der Waals surface area contributed by atoms with Crippen molar-refractivity contribution in [3.05, 3.63) is 118 Å². The second-order valence-corrected chi connectivity index (χ2v) is 11.8. The molecule has 7 heteroatoms. The van der Waals surface area contributed by atoms with E-state index in [0.717, 1.165) is 60.4 Å². The van der Waals surface area contributed by atoms with E-state index in [-0.39, 0.29) is 6.61 Å². The van der Waals surface area contributed by atoms with Gasteiger partial charge in [-0.2, -0.15) is 0 Å².